The van der Waals surface area contributed by atoms with Gasteiger partial charge in [0, 0.05) is 37.2 Å². The Bertz CT molecular complexity index is 625. The van der Waals surface area contributed by atoms with Crippen LogP contribution in [0.15, 0.2) is 23.2 Å². The van der Waals surface area contributed by atoms with E-state index >= 15 is 0 Å². The first-order chi connectivity index (χ1) is 9.81. The van der Waals surface area contributed by atoms with Gasteiger partial charge in [0.2, 0.25) is 0 Å². The summed E-state index contributed by atoms with van der Waals surface area (Å²) in [5.74, 6) is 0.891. The largest absolute Gasteiger partial charge is 0.363 e. The fourth-order valence-electron chi connectivity index (χ4n) is 3.59. The molecule has 2 aliphatic rings. The van der Waals surface area contributed by atoms with Crippen LogP contribution in [0.25, 0.3) is 5.65 Å². The number of fused-ring (bicyclic) bond motifs is 2. The summed E-state index contributed by atoms with van der Waals surface area (Å²) >= 11 is 3.48. The highest BCUT2D eigenvalue weighted by Gasteiger charge is 2.35. The van der Waals surface area contributed by atoms with Gasteiger partial charge in [-0.05, 0) is 41.7 Å². The molecule has 0 saturated carbocycles. The summed E-state index contributed by atoms with van der Waals surface area (Å²) in [6.07, 6.45) is 10.9. The van der Waals surface area contributed by atoms with E-state index in [9.17, 15) is 0 Å². The van der Waals surface area contributed by atoms with E-state index in [1.165, 1.54) is 38.8 Å². The summed E-state index contributed by atoms with van der Waals surface area (Å²) in [4.78, 5) is 11.6. The van der Waals surface area contributed by atoms with E-state index in [1.54, 1.807) is 0 Å². The lowest BCUT2D eigenvalue weighted by atomic mass is 9.99. The molecule has 0 aromatic carbocycles. The average Bonchev–Trinajstić information content (AvgIpc) is 3.06. The molecule has 1 N–H and O–H groups in total. The van der Waals surface area contributed by atoms with Crippen molar-refractivity contribution < 1.29 is 0 Å². The van der Waals surface area contributed by atoms with Crippen LogP contribution in [-0.2, 0) is 0 Å². The van der Waals surface area contributed by atoms with Gasteiger partial charge in [0.25, 0.3) is 0 Å². The maximum absolute atomic E-state index is 4.58. The van der Waals surface area contributed by atoms with Crippen molar-refractivity contribution in [2.75, 3.05) is 18.4 Å². The van der Waals surface area contributed by atoms with Gasteiger partial charge in [-0.25, -0.2) is 9.97 Å². The standard InChI is InChI=1S/C14H18BrN5/c15-12-9-20-8-5-16-14(20)13(18-12)17-10-4-7-19-6-2-1-3-11(10)19/h5,8-11H,1-4,6-7H2,(H,17,18). The number of nitrogens with one attached hydrogen (secondary N) is 1. The molecule has 4 heterocycles. The molecule has 2 aromatic heterocycles. The minimum absolute atomic E-state index is 0.498. The van der Waals surface area contributed by atoms with Gasteiger partial charge in [-0.15, -0.1) is 0 Å². The molecule has 0 spiro atoms. The summed E-state index contributed by atoms with van der Waals surface area (Å²) in [6.45, 7) is 2.47. The van der Waals surface area contributed by atoms with Gasteiger partial charge in [-0.1, -0.05) is 6.42 Å². The summed E-state index contributed by atoms with van der Waals surface area (Å²) in [5.41, 5.74) is 0.905. The second kappa shape index (κ2) is 5.00. The Morgan fingerprint density at radius 1 is 1.25 bits per heavy atom. The molecule has 0 bridgehead atoms. The number of imidazole rings is 1. The lowest BCUT2D eigenvalue weighted by Crippen LogP contribution is -2.41. The topological polar surface area (TPSA) is 45.5 Å². The van der Waals surface area contributed by atoms with Crippen molar-refractivity contribution in [2.24, 2.45) is 0 Å². The van der Waals surface area contributed by atoms with E-state index in [2.05, 4.69) is 36.1 Å². The highest BCUT2D eigenvalue weighted by molar-refractivity contribution is 9.10. The van der Waals surface area contributed by atoms with Gasteiger partial charge in [-0.3, -0.25) is 4.90 Å². The van der Waals surface area contributed by atoms with E-state index in [0.29, 0.717) is 12.1 Å². The number of halogens is 1. The summed E-state index contributed by atoms with van der Waals surface area (Å²) < 4.78 is 2.84. The van der Waals surface area contributed by atoms with Crippen LogP contribution in [-0.4, -0.2) is 44.4 Å². The van der Waals surface area contributed by atoms with E-state index in [-0.39, 0.29) is 0 Å². The van der Waals surface area contributed by atoms with Crippen LogP contribution >= 0.6 is 15.9 Å². The van der Waals surface area contributed by atoms with Crippen LogP contribution in [0.5, 0.6) is 0 Å². The van der Waals surface area contributed by atoms with Crippen LogP contribution in [0.3, 0.4) is 0 Å². The highest BCUT2D eigenvalue weighted by Crippen LogP contribution is 2.30. The van der Waals surface area contributed by atoms with Crippen molar-refractivity contribution >= 4 is 27.4 Å². The van der Waals surface area contributed by atoms with Crippen molar-refractivity contribution in [3.63, 3.8) is 0 Å². The second-order valence-corrected chi connectivity index (χ2v) is 6.52. The molecular weight excluding hydrogens is 318 g/mol. The first kappa shape index (κ1) is 12.6. The Morgan fingerprint density at radius 3 is 3.15 bits per heavy atom. The van der Waals surface area contributed by atoms with Gasteiger partial charge in [0.05, 0.1) is 0 Å². The van der Waals surface area contributed by atoms with Gasteiger partial charge in [0.1, 0.15) is 4.60 Å². The molecule has 2 saturated heterocycles. The van der Waals surface area contributed by atoms with Crippen LogP contribution in [0, 0.1) is 0 Å². The number of piperidine rings is 1. The normalized spacial score (nSPS) is 26.9. The third-order valence-electron chi connectivity index (χ3n) is 4.52. The Hall–Kier alpha value is -1.14. The van der Waals surface area contributed by atoms with Crippen molar-refractivity contribution in [1.82, 2.24) is 19.3 Å². The lowest BCUT2D eigenvalue weighted by Gasteiger charge is -2.32. The Balaban J connectivity index is 1.62. The molecule has 0 radical (unpaired) electrons. The Morgan fingerprint density at radius 2 is 2.20 bits per heavy atom. The fourth-order valence-corrected chi connectivity index (χ4v) is 3.99. The molecular formula is C14H18BrN5. The van der Waals surface area contributed by atoms with Gasteiger partial charge in [-0.2, -0.15) is 0 Å². The SMILES string of the molecule is Brc1cn2ccnc2c(NC2CCN3CCCCC23)n1. The minimum atomic E-state index is 0.498. The predicted octanol–water partition coefficient (Wildman–Crippen LogP) is 2.53. The zero-order valence-corrected chi connectivity index (χ0v) is 12.9. The summed E-state index contributed by atoms with van der Waals surface area (Å²) in [7, 11) is 0. The van der Waals surface area contributed by atoms with E-state index in [0.717, 1.165) is 16.1 Å². The van der Waals surface area contributed by atoms with Crippen LogP contribution < -0.4 is 5.32 Å². The second-order valence-electron chi connectivity index (χ2n) is 5.71. The monoisotopic (exact) mass is 335 g/mol. The molecule has 6 heteroatoms. The van der Waals surface area contributed by atoms with Crippen molar-refractivity contribution in [1.29, 1.82) is 0 Å². The summed E-state index contributed by atoms with van der Waals surface area (Å²) in [5, 5.41) is 3.64. The maximum Gasteiger partial charge on any atom is 0.180 e. The third-order valence-corrected chi connectivity index (χ3v) is 4.90. The molecule has 2 fully saturated rings. The molecule has 2 atom stereocenters. The van der Waals surface area contributed by atoms with Gasteiger partial charge < -0.3 is 9.72 Å². The molecule has 0 aliphatic carbocycles. The average molecular weight is 336 g/mol. The van der Waals surface area contributed by atoms with E-state index in [4.69, 9.17) is 0 Å². The van der Waals surface area contributed by atoms with Crippen molar-refractivity contribution in [3.8, 4) is 0 Å². The van der Waals surface area contributed by atoms with E-state index in [1.807, 2.05) is 23.0 Å². The zero-order valence-electron chi connectivity index (χ0n) is 11.3. The Kier molecular flexibility index (Phi) is 3.15. The molecule has 106 valence electrons. The van der Waals surface area contributed by atoms with E-state index < -0.39 is 0 Å². The van der Waals surface area contributed by atoms with Crippen molar-refractivity contribution in [3.05, 3.63) is 23.2 Å². The van der Waals surface area contributed by atoms with Crippen LogP contribution in [0.2, 0.25) is 0 Å². The molecule has 4 rings (SSSR count). The Labute approximate surface area is 126 Å². The van der Waals surface area contributed by atoms with Crippen molar-refractivity contribution in [2.45, 2.75) is 37.8 Å². The van der Waals surface area contributed by atoms with Gasteiger partial charge >= 0.3 is 0 Å². The van der Waals surface area contributed by atoms with Gasteiger partial charge in [0.15, 0.2) is 11.5 Å². The molecule has 2 unspecified atom stereocenters. The number of anilines is 1. The van der Waals surface area contributed by atoms with Crippen LogP contribution in [0.4, 0.5) is 5.82 Å². The minimum Gasteiger partial charge on any atom is -0.363 e. The maximum atomic E-state index is 4.58. The number of aromatic nitrogens is 3. The first-order valence-electron chi connectivity index (χ1n) is 7.31. The molecule has 20 heavy (non-hydrogen) atoms. The predicted molar refractivity (Wildman–Crippen MR) is 81.9 cm³/mol. The number of rotatable bonds is 2. The quantitative estimate of drug-likeness (QED) is 0.915. The number of nitrogens with zero attached hydrogens (tertiary/aromatic N) is 4. The molecule has 2 aliphatic heterocycles. The third kappa shape index (κ3) is 2.11. The molecule has 5 nitrogen and oxygen atoms in total. The summed E-state index contributed by atoms with van der Waals surface area (Å²) in [6, 6.07) is 1.16. The van der Waals surface area contributed by atoms with Crippen LogP contribution in [0.1, 0.15) is 25.7 Å². The highest BCUT2D eigenvalue weighted by atomic mass is 79.9. The first-order valence-corrected chi connectivity index (χ1v) is 8.10. The zero-order chi connectivity index (χ0) is 13.5. The molecule has 0 amide bonds. The molecule has 2 aromatic rings. The number of hydrogen-bond acceptors (Lipinski definition) is 4. The number of hydrogen-bond donors (Lipinski definition) is 1. The fraction of sp³-hybridized carbons (Fsp3) is 0.571. The lowest BCUT2D eigenvalue weighted by molar-refractivity contribution is 0.192. The smallest absolute Gasteiger partial charge is 0.180 e.